The molecule has 25 heavy (non-hydrogen) atoms. The lowest BCUT2D eigenvalue weighted by atomic mass is 9.92. The zero-order chi connectivity index (χ0) is 17.5. The van der Waals surface area contributed by atoms with Gasteiger partial charge in [-0.1, -0.05) is 99.7 Å². The van der Waals surface area contributed by atoms with Crippen molar-refractivity contribution in [2.45, 2.75) is 51.9 Å². The summed E-state index contributed by atoms with van der Waals surface area (Å²) in [5, 5.41) is 2.35. The van der Waals surface area contributed by atoms with E-state index in [1.165, 1.54) is 60.6 Å². The second-order valence-electron chi connectivity index (χ2n) is 6.92. The molecule has 1 heteroatoms. The zero-order valence-corrected chi connectivity index (χ0v) is 15.3. The number of unbranched alkanes of at least 4 members (excludes halogenated alkanes) is 5. The quantitative estimate of drug-likeness (QED) is 0.349. The van der Waals surface area contributed by atoms with E-state index in [4.69, 9.17) is 5.73 Å². The van der Waals surface area contributed by atoms with Crippen LogP contribution in [0.2, 0.25) is 0 Å². The maximum absolute atomic E-state index is 6.53. The Kier molecular flexibility index (Phi) is 6.11. The van der Waals surface area contributed by atoms with Crippen molar-refractivity contribution in [1.82, 2.24) is 0 Å². The monoisotopic (exact) mass is 331 g/mol. The molecule has 0 unspecified atom stereocenters. The Morgan fingerprint density at radius 3 is 2.28 bits per heavy atom. The number of nitrogen functional groups attached to an aromatic ring is 1. The van der Waals surface area contributed by atoms with E-state index in [9.17, 15) is 0 Å². The third kappa shape index (κ3) is 4.22. The Morgan fingerprint density at radius 1 is 0.680 bits per heavy atom. The van der Waals surface area contributed by atoms with Gasteiger partial charge in [-0.05, 0) is 29.4 Å². The smallest absolute Gasteiger partial charge is 0.0473 e. The second-order valence-corrected chi connectivity index (χ2v) is 6.92. The number of aryl methyl sites for hydroxylation is 1. The Labute approximate surface area is 151 Å². The van der Waals surface area contributed by atoms with E-state index in [0.29, 0.717) is 0 Å². The number of fused-ring (bicyclic) bond motifs is 1. The second kappa shape index (κ2) is 8.71. The van der Waals surface area contributed by atoms with Gasteiger partial charge in [-0.3, -0.25) is 0 Å². The number of benzene rings is 3. The third-order valence-corrected chi connectivity index (χ3v) is 5.08. The molecule has 3 aromatic rings. The fourth-order valence-electron chi connectivity index (χ4n) is 3.63. The van der Waals surface area contributed by atoms with Gasteiger partial charge in [0.2, 0.25) is 0 Å². The van der Waals surface area contributed by atoms with E-state index in [-0.39, 0.29) is 0 Å². The van der Waals surface area contributed by atoms with Crippen LogP contribution in [0.1, 0.15) is 51.0 Å². The summed E-state index contributed by atoms with van der Waals surface area (Å²) in [4.78, 5) is 0. The molecule has 0 amide bonds. The molecule has 0 atom stereocenters. The van der Waals surface area contributed by atoms with Crippen LogP contribution in [0, 0.1) is 0 Å². The van der Waals surface area contributed by atoms with Crippen molar-refractivity contribution < 1.29 is 0 Å². The Morgan fingerprint density at radius 2 is 1.40 bits per heavy atom. The van der Waals surface area contributed by atoms with Crippen molar-refractivity contribution >= 4 is 16.5 Å². The number of nitrogens with two attached hydrogens (primary N) is 1. The molecule has 1 nitrogen and oxygen atoms in total. The van der Waals surface area contributed by atoms with E-state index >= 15 is 0 Å². The first-order valence-corrected chi connectivity index (χ1v) is 9.66. The van der Waals surface area contributed by atoms with Crippen LogP contribution < -0.4 is 5.73 Å². The number of hydrogen-bond acceptors (Lipinski definition) is 1. The number of hydrogen-bond donors (Lipinski definition) is 1. The van der Waals surface area contributed by atoms with E-state index in [1.54, 1.807) is 0 Å². The van der Waals surface area contributed by atoms with Gasteiger partial charge in [0.25, 0.3) is 0 Å². The molecule has 3 aromatic carbocycles. The van der Waals surface area contributed by atoms with Crippen LogP contribution >= 0.6 is 0 Å². The molecular weight excluding hydrogens is 302 g/mol. The first kappa shape index (κ1) is 17.5. The molecular formula is C24H29N. The van der Waals surface area contributed by atoms with Crippen molar-refractivity contribution in [2.75, 3.05) is 5.73 Å². The van der Waals surface area contributed by atoms with Gasteiger partial charge >= 0.3 is 0 Å². The summed E-state index contributed by atoms with van der Waals surface area (Å²) >= 11 is 0. The van der Waals surface area contributed by atoms with Crippen LogP contribution in [0.3, 0.4) is 0 Å². The summed E-state index contributed by atoms with van der Waals surface area (Å²) in [6, 6.07) is 21.5. The van der Waals surface area contributed by atoms with Crippen molar-refractivity contribution in [2.24, 2.45) is 0 Å². The van der Waals surface area contributed by atoms with Gasteiger partial charge in [0.15, 0.2) is 0 Å². The molecule has 0 aromatic heterocycles. The highest BCUT2D eigenvalue weighted by molar-refractivity contribution is 6.00. The van der Waals surface area contributed by atoms with Gasteiger partial charge in [0, 0.05) is 16.6 Å². The van der Waals surface area contributed by atoms with Crippen molar-refractivity contribution in [3.8, 4) is 11.1 Å². The average Bonchev–Trinajstić information content (AvgIpc) is 2.66. The molecule has 0 heterocycles. The summed E-state index contributed by atoms with van der Waals surface area (Å²) in [5.41, 5.74) is 11.3. The topological polar surface area (TPSA) is 26.0 Å². The number of anilines is 1. The Bertz CT molecular complexity index is 819. The summed E-state index contributed by atoms with van der Waals surface area (Å²) < 4.78 is 0. The molecule has 0 saturated carbocycles. The SMILES string of the molecule is CCCCCCCCc1ccccc1-c1ccc2ccccc2c1N. The highest BCUT2D eigenvalue weighted by Gasteiger charge is 2.10. The van der Waals surface area contributed by atoms with Gasteiger partial charge < -0.3 is 5.73 Å². The first-order valence-electron chi connectivity index (χ1n) is 9.66. The molecule has 0 saturated heterocycles. The van der Waals surface area contributed by atoms with Crippen LogP contribution in [0.5, 0.6) is 0 Å². The predicted octanol–water partition coefficient (Wildman–Crippen LogP) is 6.99. The number of rotatable bonds is 8. The van der Waals surface area contributed by atoms with Crippen molar-refractivity contribution in [3.63, 3.8) is 0 Å². The zero-order valence-electron chi connectivity index (χ0n) is 15.3. The summed E-state index contributed by atoms with van der Waals surface area (Å²) in [7, 11) is 0. The molecule has 2 N–H and O–H groups in total. The largest absolute Gasteiger partial charge is 0.398 e. The van der Waals surface area contributed by atoms with Gasteiger partial charge in [-0.15, -0.1) is 0 Å². The van der Waals surface area contributed by atoms with E-state index < -0.39 is 0 Å². The van der Waals surface area contributed by atoms with Gasteiger partial charge in [0.1, 0.15) is 0 Å². The molecule has 0 radical (unpaired) electrons. The molecule has 3 rings (SSSR count). The van der Waals surface area contributed by atoms with Crippen LogP contribution in [0.15, 0.2) is 60.7 Å². The Balaban J connectivity index is 1.80. The maximum atomic E-state index is 6.53. The van der Waals surface area contributed by atoms with Crippen LogP contribution in [-0.4, -0.2) is 0 Å². The van der Waals surface area contributed by atoms with Crippen LogP contribution in [0.4, 0.5) is 5.69 Å². The highest BCUT2D eigenvalue weighted by Crippen LogP contribution is 2.34. The molecule has 0 spiro atoms. The standard InChI is InChI=1S/C24H29N/c1-2-3-4-5-6-7-12-19-13-8-10-15-21(19)23-18-17-20-14-9-11-16-22(20)24(23)25/h8-11,13-18H,2-7,12,25H2,1H3. The van der Waals surface area contributed by atoms with Crippen molar-refractivity contribution in [3.05, 3.63) is 66.2 Å². The minimum atomic E-state index is 0.897. The lowest BCUT2D eigenvalue weighted by Crippen LogP contribution is -1.96. The molecule has 130 valence electrons. The highest BCUT2D eigenvalue weighted by atomic mass is 14.6. The minimum absolute atomic E-state index is 0.897. The minimum Gasteiger partial charge on any atom is -0.398 e. The fraction of sp³-hybridized carbons (Fsp3) is 0.333. The predicted molar refractivity (Wildman–Crippen MR) is 111 cm³/mol. The molecule has 0 aliphatic carbocycles. The van der Waals surface area contributed by atoms with E-state index in [1.807, 2.05) is 0 Å². The molecule has 0 aliphatic heterocycles. The average molecular weight is 332 g/mol. The fourth-order valence-corrected chi connectivity index (χ4v) is 3.63. The van der Waals surface area contributed by atoms with Crippen molar-refractivity contribution in [1.29, 1.82) is 0 Å². The molecule has 0 aliphatic rings. The Hall–Kier alpha value is -2.28. The third-order valence-electron chi connectivity index (χ3n) is 5.08. The van der Waals surface area contributed by atoms with Gasteiger partial charge in [-0.25, -0.2) is 0 Å². The van der Waals surface area contributed by atoms with Gasteiger partial charge in [0.05, 0.1) is 0 Å². The summed E-state index contributed by atoms with van der Waals surface area (Å²) in [6.45, 7) is 2.27. The lowest BCUT2D eigenvalue weighted by Gasteiger charge is -2.14. The lowest BCUT2D eigenvalue weighted by molar-refractivity contribution is 0.608. The van der Waals surface area contributed by atoms with Crippen LogP contribution in [-0.2, 0) is 6.42 Å². The normalized spacial score (nSPS) is 11.1. The van der Waals surface area contributed by atoms with E-state index in [2.05, 4.69) is 67.6 Å². The summed E-state index contributed by atoms with van der Waals surface area (Å²) in [6.07, 6.45) is 9.11. The molecule has 0 bridgehead atoms. The van der Waals surface area contributed by atoms with Gasteiger partial charge in [-0.2, -0.15) is 0 Å². The molecule has 0 fully saturated rings. The summed E-state index contributed by atoms with van der Waals surface area (Å²) in [5.74, 6) is 0. The first-order chi connectivity index (χ1) is 12.3. The van der Waals surface area contributed by atoms with Crippen LogP contribution in [0.25, 0.3) is 21.9 Å². The maximum Gasteiger partial charge on any atom is 0.0473 e. The van der Waals surface area contributed by atoms with E-state index in [0.717, 1.165) is 17.5 Å².